The minimum absolute atomic E-state index is 0.00313. The van der Waals surface area contributed by atoms with Crippen LogP contribution in [0.25, 0.3) is 11.4 Å². The maximum absolute atomic E-state index is 13.4. The van der Waals surface area contributed by atoms with Crippen LogP contribution in [0.1, 0.15) is 17.9 Å². The first-order valence-corrected chi connectivity index (χ1v) is 4.72. The summed E-state index contributed by atoms with van der Waals surface area (Å²) in [6.07, 6.45) is -2.68. The van der Waals surface area contributed by atoms with E-state index in [-0.39, 0.29) is 29.4 Å². The Bertz CT molecular complexity index is 527. The average Bonchev–Trinajstić information content (AvgIpc) is 2.77. The standard InChI is InChI=1S/C10H8F3N3O/c11-7-2-1-5(9(12)13)3-6(7)10-15-8(4-14)17-16-10/h1-3,9H,4,14H2. The van der Waals surface area contributed by atoms with Gasteiger partial charge in [-0.15, -0.1) is 0 Å². The second-order valence-corrected chi connectivity index (χ2v) is 3.26. The van der Waals surface area contributed by atoms with Crippen molar-refractivity contribution in [3.05, 3.63) is 35.5 Å². The molecule has 0 aliphatic carbocycles. The van der Waals surface area contributed by atoms with E-state index in [2.05, 4.69) is 14.7 Å². The molecule has 4 nitrogen and oxygen atoms in total. The van der Waals surface area contributed by atoms with Crippen LogP contribution in [0.5, 0.6) is 0 Å². The van der Waals surface area contributed by atoms with Gasteiger partial charge in [-0.25, -0.2) is 13.2 Å². The molecule has 0 fully saturated rings. The van der Waals surface area contributed by atoms with Gasteiger partial charge in [-0.3, -0.25) is 0 Å². The molecule has 0 aliphatic rings. The highest BCUT2D eigenvalue weighted by molar-refractivity contribution is 5.56. The summed E-state index contributed by atoms with van der Waals surface area (Å²) in [5, 5.41) is 3.47. The molecular formula is C10H8F3N3O. The summed E-state index contributed by atoms with van der Waals surface area (Å²) in [5.74, 6) is -0.675. The van der Waals surface area contributed by atoms with Gasteiger partial charge in [0.1, 0.15) is 5.82 Å². The lowest BCUT2D eigenvalue weighted by Crippen LogP contribution is -1.96. The maximum atomic E-state index is 13.4. The van der Waals surface area contributed by atoms with Crippen molar-refractivity contribution in [3.8, 4) is 11.4 Å². The van der Waals surface area contributed by atoms with Crippen molar-refractivity contribution in [1.29, 1.82) is 0 Å². The Morgan fingerprint density at radius 1 is 1.35 bits per heavy atom. The number of alkyl halides is 2. The minimum atomic E-state index is -2.68. The number of hydrogen-bond donors (Lipinski definition) is 1. The van der Waals surface area contributed by atoms with Crippen molar-refractivity contribution >= 4 is 0 Å². The van der Waals surface area contributed by atoms with E-state index in [1.165, 1.54) is 0 Å². The van der Waals surface area contributed by atoms with Gasteiger partial charge in [-0.1, -0.05) is 11.2 Å². The molecule has 1 heterocycles. The van der Waals surface area contributed by atoms with E-state index in [9.17, 15) is 13.2 Å². The summed E-state index contributed by atoms with van der Waals surface area (Å²) >= 11 is 0. The summed E-state index contributed by atoms with van der Waals surface area (Å²) < 4.78 is 43.0. The number of hydrogen-bond acceptors (Lipinski definition) is 4. The normalized spacial score (nSPS) is 11.1. The molecule has 0 aliphatic heterocycles. The molecule has 0 saturated heterocycles. The Balaban J connectivity index is 2.46. The highest BCUT2D eigenvalue weighted by Crippen LogP contribution is 2.26. The lowest BCUT2D eigenvalue weighted by Gasteiger charge is -2.02. The molecule has 0 atom stereocenters. The third-order valence-electron chi connectivity index (χ3n) is 2.13. The summed E-state index contributed by atoms with van der Waals surface area (Å²) in [7, 11) is 0. The second-order valence-electron chi connectivity index (χ2n) is 3.26. The Morgan fingerprint density at radius 2 is 2.12 bits per heavy atom. The summed E-state index contributed by atoms with van der Waals surface area (Å²) in [4.78, 5) is 3.77. The predicted molar refractivity (Wildman–Crippen MR) is 52.5 cm³/mol. The van der Waals surface area contributed by atoms with E-state index in [4.69, 9.17) is 5.73 Å². The van der Waals surface area contributed by atoms with Gasteiger partial charge in [-0.05, 0) is 12.1 Å². The van der Waals surface area contributed by atoms with Gasteiger partial charge < -0.3 is 10.3 Å². The number of nitrogens with two attached hydrogens (primary N) is 1. The zero-order valence-corrected chi connectivity index (χ0v) is 8.53. The Morgan fingerprint density at radius 3 is 2.71 bits per heavy atom. The molecule has 17 heavy (non-hydrogen) atoms. The van der Waals surface area contributed by atoms with Gasteiger partial charge in [0.15, 0.2) is 0 Å². The van der Waals surface area contributed by atoms with Crippen LogP contribution < -0.4 is 5.73 Å². The quantitative estimate of drug-likeness (QED) is 0.898. The molecule has 1 aromatic carbocycles. The molecule has 7 heteroatoms. The van der Waals surface area contributed by atoms with Gasteiger partial charge in [0, 0.05) is 5.56 Å². The maximum Gasteiger partial charge on any atom is 0.263 e. The van der Waals surface area contributed by atoms with E-state index >= 15 is 0 Å². The molecular weight excluding hydrogens is 235 g/mol. The van der Waals surface area contributed by atoms with Crippen molar-refractivity contribution in [3.63, 3.8) is 0 Å². The van der Waals surface area contributed by atoms with Crippen LogP contribution in [-0.2, 0) is 6.54 Å². The van der Waals surface area contributed by atoms with Crippen molar-refractivity contribution in [2.24, 2.45) is 5.73 Å². The Kier molecular flexibility index (Phi) is 3.10. The van der Waals surface area contributed by atoms with Crippen LogP contribution in [0, 0.1) is 5.82 Å². The SMILES string of the molecule is NCc1nc(-c2cc(C(F)F)ccc2F)no1. The fourth-order valence-electron chi connectivity index (χ4n) is 1.30. The van der Waals surface area contributed by atoms with Crippen molar-refractivity contribution in [1.82, 2.24) is 10.1 Å². The second kappa shape index (κ2) is 4.54. The largest absolute Gasteiger partial charge is 0.338 e. The zero-order valence-electron chi connectivity index (χ0n) is 8.53. The van der Waals surface area contributed by atoms with Gasteiger partial charge in [0.05, 0.1) is 12.1 Å². The summed E-state index contributed by atoms with van der Waals surface area (Å²) in [5.41, 5.74) is 4.81. The number of halogens is 3. The first-order valence-electron chi connectivity index (χ1n) is 4.72. The number of benzene rings is 1. The van der Waals surface area contributed by atoms with Gasteiger partial charge >= 0.3 is 0 Å². The Labute approximate surface area is 94.2 Å². The molecule has 2 aromatic rings. The minimum Gasteiger partial charge on any atom is -0.338 e. The van der Waals surface area contributed by atoms with E-state index in [0.29, 0.717) is 0 Å². The summed E-state index contributed by atoms with van der Waals surface area (Å²) in [6.45, 7) is 0.00313. The van der Waals surface area contributed by atoms with Crippen molar-refractivity contribution in [2.75, 3.05) is 0 Å². The lowest BCUT2D eigenvalue weighted by molar-refractivity contribution is 0.151. The predicted octanol–water partition coefficient (Wildman–Crippen LogP) is 2.27. The third-order valence-corrected chi connectivity index (χ3v) is 2.13. The third kappa shape index (κ3) is 2.28. The zero-order chi connectivity index (χ0) is 12.4. The lowest BCUT2D eigenvalue weighted by atomic mass is 10.1. The molecule has 0 unspecified atom stereocenters. The average molecular weight is 243 g/mol. The number of rotatable bonds is 3. The molecule has 0 saturated carbocycles. The summed E-state index contributed by atoms with van der Waals surface area (Å²) in [6, 6.07) is 2.94. The molecule has 2 rings (SSSR count). The van der Waals surface area contributed by atoms with Gasteiger partial charge in [-0.2, -0.15) is 4.98 Å². The topological polar surface area (TPSA) is 64.9 Å². The monoisotopic (exact) mass is 243 g/mol. The molecule has 2 N–H and O–H groups in total. The van der Waals surface area contributed by atoms with E-state index in [1.807, 2.05) is 0 Å². The molecule has 0 bridgehead atoms. The van der Waals surface area contributed by atoms with Gasteiger partial charge in [0.2, 0.25) is 11.7 Å². The first-order chi connectivity index (χ1) is 8.11. The van der Waals surface area contributed by atoms with Crippen LogP contribution >= 0.6 is 0 Å². The van der Waals surface area contributed by atoms with E-state index in [0.717, 1.165) is 18.2 Å². The molecule has 0 spiro atoms. The van der Waals surface area contributed by atoms with Crippen LogP contribution in [0.4, 0.5) is 13.2 Å². The molecule has 0 amide bonds. The van der Waals surface area contributed by atoms with Gasteiger partial charge in [0.25, 0.3) is 6.43 Å². The van der Waals surface area contributed by atoms with Crippen LogP contribution in [-0.4, -0.2) is 10.1 Å². The Hall–Kier alpha value is -1.89. The molecule has 1 aromatic heterocycles. The highest BCUT2D eigenvalue weighted by Gasteiger charge is 2.16. The van der Waals surface area contributed by atoms with E-state index in [1.54, 1.807) is 0 Å². The smallest absolute Gasteiger partial charge is 0.263 e. The van der Waals surface area contributed by atoms with Crippen LogP contribution in [0.2, 0.25) is 0 Å². The highest BCUT2D eigenvalue weighted by atomic mass is 19.3. The van der Waals surface area contributed by atoms with Crippen molar-refractivity contribution < 1.29 is 17.7 Å². The fourth-order valence-corrected chi connectivity index (χ4v) is 1.30. The number of nitrogens with zero attached hydrogens (tertiary/aromatic N) is 2. The van der Waals surface area contributed by atoms with E-state index < -0.39 is 12.2 Å². The van der Waals surface area contributed by atoms with Crippen LogP contribution in [0.3, 0.4) is 0 Å². The number of aromatic nitrogens is 2. The first kappa shape index (κ1) is 11.6. The van der Waals surface area contributed by atoms with Crippen molar-refractivity contribution in [2.45, 2.75) is 13.0 Å². The van der Waals surface area contributed by atoms with Crippen LogP contribution in [0.15, 0.2) is 22.7 Å². The molecule has 0 radical (unpaired) electrons. The fraction of sp³-hybridized carbons (Fsp3) is 0.200. The molecule has 90 valence electrons.